The molecule has 0 saturated heterocycles. The summed E-state index contributed by atoms with van der Waals surface area (Å²) in [4.78, 5) is 41.6. The Morgan fingerprint density at radius 3 is 2.20 bits per heavy atom. The smallest absolute Gasteiger partial charge is 0.408 e. The topological polar surface area (TPSA) is 115 Å². The number of rotatable bonds is 4. The second-order valence-corrected chi connectivity index (χ2v) is 15.5. The second-order valence-electron chi connectivity index (χ2n) is 15.5. The number of fused-ring (bicyclic) bond motifs is 5. The van der Waals surface area contributed by atoms with Gasteiger partial charge in [-0.2, -0.15) is 0 Å². The van der Waals surface area contributed by atoms with Gasteiger partial charge in [0.1, 0.15) is 12.1 Å². The highest BCUT2D eigenvalue weighted by molar-refractivity contribution is 6.01. The maximum absolute atomic E-state index is 17.8. The summed E-state index contributed by atoms with van der Waals surface area (Å²) >= 11 is 0. The standard InChI is InChI=1S/C33H44FNO6/c1-18-8-25-24-5-4-22-12-23(37)6-7-29(22,2)32(24,34)26(38)16-30(25,3)33(18,27(39)17-36)35(28(40)41)31-13-19-9-20(14-31)11-21(10-19)15-31/h6-7,12,18-21,24-26,36,38H,4-5,8-11,13-17H2,1-3H3,(H,40,41)/t18-,19?,20?,21?,24?,25?,26-,29-,30-,31?,32?,33+/m0/s1. The Labute approximate surface area is 241 Å². The molecule has 4 bridgehead atoms. The van der Waals surface area contributed by atoms with Gasteiger partial charge in [0, 0.05) is 22.3 Å². The Balaban J connectivity index is 1.39. The normalized spacial score (nSPS) is 52.9. The molecule has 0 aliphatic heterocycles. The number of aliphatic hydroxyl groups is 2. The van der Waals surface area contributed by atoms with Crippen LogP contribution in [0.1, 0.15) is 85.0 Å². The molecule has 7 saturated carbocycles. The van der Waals surface area contributed by atoms with Gasteiger partial charge in [0.2, 0.25) is 0 Å². The molecule has 0 heterocycles. The van der Waals surface area contributed by atoms with Crippen molar-refractivity contribution in [2.45, 2.75) is 108 Å². The molecule has 8 aliphatic carbocycles. The van der Waals surface area contributed by atoms with Crippen LogP contribution in [0.2, 0.25) is 0 Å². The predicted molar refractivity (Wildman–Crippen MR) is 148 cm³/mol. The van der Waals surface area contributed by atoms with E-state index in [1.54, 1.807) is 13.0 Å². The minimum Gasteiger partial charge on any atom is -0.465 e. The Morgan fingerprint density at radius 2 is 1.63 bits per heavy atom. The zero-order valence-electron chi connectivity index (χ0n) is 24.4. The minimum atomic E-state index is -2.06. The Morgan fingerprint density at radius 1 is 1.02 bits per heavy atom. The van der Waals surface area contributed by atoms with Gasteiger partial charge < -0.3 is 15.3 Å². The fraction of sp³-hybridized carbons (Fsp3) is 0.788. The molecule has 8 rings (SSSR count). The van der Waals surface area contributed by atoms with E-state index in [-0.39, 0.29) is 18.1 Å². The third-order valence-corrected chi connectivity index (χ3v) is 13.8. The molecule has 0 aromatic rings. The number of carbonyl (C=O) groups excluding carboxylic acids is 2. The summed E-state index contributed by atoms with van der Waals surface area (Å²) in [5, 5.41) is 33.5. The lowest BCUT2D eigenvalue weighted by Crippen LogP contribution is -2.78. The molecule has 3 N–H and O–H groups in total. The van der Waals surface area contributed by atoms with Crippen molar-refractivity contribution in [3.63, 3.8) is 0 Å². The van der Waals surface area contributed by atoms with Gasteiger partial charge in [0.15, 0.2) is 17.2 Å². The molecule has 3 unspecified atom stereocenters. The van der Waals surface area contributed by atoms with E-state index in [1.165, 1.54) is 17.1 Å². The molecule has 7 fully saturated rings. The first kappa shape index (κ1) is 27.8. The lowest BCUT2D eigenvalue weighted by Gasteiger charge is -2.68. The van der Waals surface area contributed by atoms with Gasteiger partial charge in [-0.25, -0.2) is 9.18 Å². The molecule has 1 amide bonds. The van der Waals surface area contributed by atoms with E-state index >= 15 is 4.39 Å². The van der Waals surface area contributed by atoms with Gasteiger partial charge in [-0.1, -0.05) is 25.5 Å². The summed E-state index contributed by atoms with van der Waals surface area (Å²) in [6.45, 7) is 4.79. The van der Waals surface area contributed by atoms with Crippen LogP contribution in [0, 0.1) is 46.3 Å². The number of alkyl halides is 1. The van der Waals surface area contributed by atoms with E-state index in [0.29, 0.717) is 42.6 Å². The Bertz CT molecular complexity index is 1240. The van der Waals surface area contributed by atoms with Crippen LogP contribution in [0.5, 0.6) is 0 Å². The van der Waals surface area contributed by atoms with E-state index in [2.05, 4.69) is 0 Å². The Kier molecular flexibility index (Phi) is 5.77. The second kappa shape index (κ2) is 8.52. The largest absolute Gasteiger partial charge is 0.465 e. The van der Waals surface area contributed by atoms with Gasteiger partial charge in [0.05, 0.1) is 6.10 Å². The molecule has 0 aromatic heterocycles. The molecular weight excluding hydrogens is 525 g/mol. The van der Waals surface area contributed by atoms with E-state index in [0.717, 1.165) is 38.5 Å². The van der Waals surface area contributed by atoms with E-state index in [1.807, 2.05) is 13.8 Å². The number of hydrogen-bond donors (Lipinski definition) is 3. The highest BCUT2D eigenvalue weighted by Crippen LogP contribution is 2.73. The van der Waals surface area contributed by atoms with Crippen molar-refractivity contribution in [2.24, 2.45) is 46.3 Å². The molecule has 8 aliphatic rings. The van der Waals surface area contributed by atoms with Crippen molar-refractivity contribution in [2.75, 3.05) is 6.61 Å². The molecule has 224 valence electrons. The molecule has 0 radical (unpaired) electrons. The van der Waals surface area contributed by atoms with Crippen molar-refractivity contribution in [1.29, 1.82) is 0 Å². The first-order chi connectivity index (χ1) is 19.3. The molecule has 8 atom stereocenters. The number of halogens is 1. The summed E-state index contributed by atoms with van der Waals surface area (Å²) < 4.78 is 17.8. The van der Waals surface area contributed by atoms with Crippen LogP contribution < -0.4 is 0 Å². The maximum Gasteiger partial charge on any atom is 0.408 e. The first-order valence-corrected chi connectivity index (χ1v) is 15.8. The fourth-order valence-corrected chi connectivity index (χ4v) is 12.9. The molecule has 7 nitrogen and oxygen atoms in total. The number of hydrogen-bond acceptors (Lipinski definition) is 5. The molecular formula is C33H44FNO6. The zero-order chi connectivity index (χ0) is 29.3. The number of carboxylic acid groups (broad SMARTS) is 1. The minimum absolute atomic E-state index is 0.0818. The third-order valence-electron chi connectivity index (χ3n) is 13.8. The Hall–Kier alpha value is -2.06. The van der Waals surface area contributed by atoms with Crippen molar-refractivity contribution in [3.8, 4) is 0 Å². The van der Waals surface area contributed by atoms with Crippen LogP contribution >= 0.6 is 0 Å². The molecule has 0 aromatic carbocycles. The van der Waals surface area contributed by atoms with E-state index < -0.39 is 64.0 Å². The van der Waals surface area contributed by atoms with Gasteiger partial charge in [0.25, 0.3) is 0 Å². The lowest BCUT2D eigenvalue weighted by molar-refractivity contribution is -0.220. The molecule has 41 heavy (non-hydrogen) atoms. The van der Waals surface area contributed by atoms with Crippen molar-refractivity contribution in [1.82, 2.24) is 4.90 Å². The summed E-state index contributed by atoms with van der Waals surface area (Å²) in [7, 11) is 0. The number of ketones is 2. The SMILES string of the molecule is C[C@H]1CC2C3CCC4=CC(=O)C=C[C@]4(C)C3(F)[C@@H](O)C[C@]2(C)[C@@]1(C(=O)CO)N(C(=O)O)C12CC3CC(CC(C3)C1)C2. The van der Waals surface area contributed by atoms with Crippen molar-refractivity contribution < 1.29 is 34.1 Å². The van der Waals surface area contributed by atoms with E-state index in [9.17, 15) is 29.7 Å². The average Bonchev–Trinajstić information content (AvgIpc) is 3.11. The number of amides is 1. The van der Waals surface area contributed by atoms with Gasteiger partial charge >= 0.3 is 6.09 Å². The fourth-order valence-electron chi connectivity index (χ4n) is 12.9. The van der Waals surface area contributed by atoms with Gasteiger partial charge in [-0.3, -0.25) is 14.5 Å². The molecule has 0 spiro atoms. The zero-order valence-corrected chi connectivity index (χ0v) is 24.4. The van der Waals surface area contributed by atoms with Crippen molar-refractivity contribution in [3.05, 3.63) is 23.8 Å². The average molecular weight is 570 g/mol. The first-order valence-electron chi connectivity index (χ1n) is 15.8. The summed E-state index contributed by atoms with van der Waals surface area (Å²) in [6.07, 6.45) is 8.70. The molecule has 8 heteroatoms. The summed E-state index contributed by atoms with van der Waals surface area (Å²) in [5.41, 5.74) is -5.86. The number of nitrogens with zero attached hydrogens (tertiary/aromatic N) is 1. The van der Waals surface area contributed by atoms with Crippen LogP contribution in [0.25, 0.3) is 0 Å². The van der Waals surface area contributed by atoms with Crippen LogP contribution in [0.3, 0.4) is 0 Å². The van der Waals surface area contributed by atoms with Crippen LogP contribution in [-0.2, 0) is 9.59 Å². The van der Waals surface area contributed by atoms with Crippen molar-refractivity contribution >= 4 is 17.7 Å². The van der Waals surface area contributed by atoms with E-state index in [4.69, 9.17) is 0 Å². The third kappa shape index (κ3) is 3.14. The number of Topliss-reactive ketones (excluding diaryl/α,β-unsaturated/α-hetero) is 1. The number of aliphatic hydroxyl groups excluding tert-OH is 2. The van der Waals surface area contributed by atoms with Crippen LogP contribution in [-0.4, -0.2) is 67.3 Å². The monoisotopic (exact) mass is 569 g/mol. The predicted octanol–water partition coefficient (Wildman–Crippen LogP) is 4.85. The quantitative estimate of drug-likeness (QED) is 0.446. The van der Waals surface area contributed by atoms with Crippen LogP contribution in [0.4, 0.5) is 9.18 Å². The summed E-state index contributed by atoms with van der Waals surface area (Å²) in [5.74, 6) is -0.843. The highest BCUT2D eigenvalue weighted by Gasteiger charge is 2.79. The van der Waals surface area contributed by atoms with Gasteiger partial charge in [-0.15, -0.1) is 0 Å². The number of allylic oxidation sites excluding steroid dienone is 4. The van der Waals surface area contributed by atoms with Crippen LogP contribution in [0.15, 0.2) is 23.8 Å². The highest BCUT2D eigenvalue weighted by atomic mass is 19.1. The van der Waals surface area contributed by atoms with Gasteiger partial charge in [-0.05, 0) is 113 Å². The number of carbonyl (C=O) groups is 3. The summed E-state index contributed by atoms with van der Waals surface area (Å²) in [6, 6.07) is 0. The maximum atomic E-state index is 17.8. The lowest BCUT2D eigenvalue weighted by atomic mass is 9.43.